The molecular weight excluding hydrogens is 469 g/mol. The Morgan fingerprint density at radius 3 is 2.49 bits per heavy atom. The second-order valence-electron chi connectivity index (χ2n) is 8.87. The zero-order chi connectivity index (χ0) is 25.4. The number of nitrogens with one attached hydrogen (secondary N) is 2. The molecule has 2 amide bonds. The van der Waals surface area contributed by atoms with E-state index in [0.717, 1.165) is 36.6 Å². The van der Waals surface area contributed by atoms with Gasteiger partial charge in [0.25, 0.3) is 0 Å². The molecule has 1 aromatic heterocycles. The number of halogens is 1. The summed E-state index contributed by atoms with van der Waals surface area (Å²) in [5.74, 6) is -0.455. The quantitative estimate of drug-likeness (QED) is 0.513. The summed E-state index contributed by atoms with van der Waals surface area (Å²) in [6, 6.07) is 8.38. The number of amides is 2. The first-order valence-electron chi connectivity index (χ1n) is 12.2. The zero-order valence-electron chi connectivity index (χ0n) is 20.8. The van der Waals surface area contributed by atoms with Gasteiger partial charge in [-0.2, -0.15) is 4.31 Å². The molecule has 1 aliphatic rings. The Morgan fingerprint density at radius 2 is 1.86 bits per heavy atom. The van der Waals surface area contributed by atoms with Crippen LogP contribution in [-0.4, -0.2) is 67.4 Å². The van der Waals surface area contributed by atoms with Gasteiger partial charge in [-0.3, -0.25) is 4.98 Å². The summed E-state index contributed by atoms with van der Waals surface area (Å²) >= 11 is 0. The van der Waals surface area contributed by atoms with Gasteiger partial charge in [0.1, 0.15) is 5.82 Å². The van der Waals surface area contributed by atoms with Crippen molar-refractivity contribution in [2.45, 2.75) is 57.4 Å². The van der Waals surface area contributed by atoms with Gasteiger partial charge in [-0.15, -0.1) is 0 Å². The molecule has 0 bridgehead atoms. The van der Waals surface area contributed by atoms with Crippen LogP contribution < -0.4 is 10.6 Å². The molecule has 2 heterocycles. The summed E-state index contributed by atoms with van der Waals surface area (Å²) in [7, 11) is -3.68. The van der Waals surface area contributed by atoms with E-state index in [1.165, 1.54) is 24.3 Å². The van der Waals surface area contributed by atoms with E-state index < -0.39 is 15.8 Å². The smallest absolute Gasteiger partial charge is 0.319 e. The first-order chi connectivity index (χ1) is 16.7. The van der Waals surface area contributed by atoms with Gasteiger partial charge in [-0.25, -0.2) is 17.6 Å². The molecule has 0 radical (unpaired) electrons. The summed E-state index contributed by atoms with van der Waals surface area (Å²) < 4.78 is 41.3. The number of anilines is 1. The number of carbonyl (C=O) groups is 1. The van der Waals surface area contributed by atoms with Gasteiger partial charge in [-0.05, 0) is 82.1 Å². The number of rotatable bonds is 10. The van der Waals surface area contributed by atoms with E-state index in [1.54, 1.807) is 4.31 Å². The highest BCUT2D eigenvalue weighted by atomic mass is 32.2. The number of urea groups is 1. The molecule has 2 N–H and O–H groups in total. The van der Waals surface area contributed by atoms with Gasteiger partial charge < -0.3 is 15.5 Å². The topological polar surface area (TPSA) is 94.6 Å². The number of pyridine rings is 1. The van der Waals surface area contributed by atoms with Crippen molar-refractivity contribution in [3.8, 4) is 0 Å². The Kier molecular flexibility index (Phi) is 9.59. The standard InChI is InChI=1S/C25H36FN5O3S/c1-4-13-31(35(33,34)24-8-6-20(26)7-9-24)23-10-14-30(15-11-23)16-12-27-25(32)29-22-17-19(3)28-21(5-2)18-22/h6-9,17-18,23H,4-5,10-16H2,1-3H3,(H2,27,28,29,32). The van der Waals surface area contributed by atoms with Gasteiger partial charge in [0.05, 0.1) is 4.90 Å². The molecule has 1 fully saturated rings. The first kappa shape index (κ1) is 27.0. The van der Waals surface area contributed by atoms with Crippen molar-refractivity contribution in [1.82, 2.24) is 19.5 Å². The van der Waals surface area contributed by atoms with Crippen LogP contribution in [0, 0.1) is 12.7 Å². The SMILES string of the molecule is CCCN(C1CCN(CCNC(=O)Nc2cc(C)nc(CC)c2)CC1)S(=O)(=O)c1ccc(F)cc1. The molecule has 0 saturated carbocycles. The molecule has 3 rings (SSSR count). The van der Waals surface area contributed by atoms with Crippen LogP contribution in [0.3, 0.4) is 0 Å². The maximum atomic E-state index is 13.3. The van der Waals surface area contributed by atoms with Crippen LogP contribution in [0.25, 0.3) is 0 Å². The van der Waals surface area contributed by atoms with Crippen LogP contribution in [0.15, 0.2) is 41.3 Å². The van der Waals surface area contributed by atoms with Crippen LogP contribution in [-0.2, 0) is 16.4 Å². The van der Waals surface area contributed by atoms with Crippen LogP contribution in [0.5, 0.6) is 0 Å². The number of likely N-dealkylation sites (tertiary alicyclic amines) is 1. The number of piperidine rings is 1. The number of carbonyl (C=O) groups excluding carboxylic acids is 1. The van der Waals surface area contributed by atoms with Crippen LogP contribution in [0.2, 0.25) is 0 Å². The van der Waals surface area contributed by atoms with Crippen molar-refractivity contribution in [1.29, 1.82) is 0 Å². The number of hydrogen-bond acceptors (Lipinski definition) is 5. The van der Waals surface area contributed by atoms with E-state index >= 15 is 0 Å². The number of nitrogens with zero attached hydrogens (tertiary/aromatic N) is 3. The third kappa shape index (κ3) is 7.46. The second kappa shape index (κ2) is 12.4. The van der Waals surface area contributed by atoms with E-state index in [0.29, 0.717) is 38.9 Å². The highest BCUT2D eigenvalue weighted by Crippen LogP contribution is 2.25. The van der Waals surface area contributed by atoms with Crippen molar-refractivity contribution < 1.29 is 17.6 Å². The maximum Gasteiger partial charge on any atom is 0.319 e. The van der Waals surface area contributed by atoms with E-state index in [9.17, 15) is 17.6 Å². The summed E-state index contributed by atoms with van der Waals surface area (Å²) in [5, 5.41) is 5.75. The number of hydrogen-bond donors (Lipinski definition) is 2. The Bertz CT molecular complexity index is 1090. The van der Waals surface area contributed by atoms with E-state index in [4.69, 9.17) is 0 Å². The molecule has 35 heavy (non-hydrogen) atoms. The fourth-order valence-electron chi connectivity index (χ4n) is 4.39. The molecule has 1 aromatic carbocycles. The van der Waals surface area contributed by atoms with E-state index in [1.807, 2.05) is 32.9 Å². The monoisotopic (exact) mass is 505 g/mol. The summed E-state index contributed by atoms with van der Waals surface area (Å²) in [4.78, 5) is 19.1. The molecule has 1 aliphatic heterocycles. The van der Waals surface area contributed by atoms with Gasteiger partial charge in [0, 0.05) is 42.8 Å². The zero-order valence-corrected chi connectivity index (χ0v) is 21.6. The van der Waals surface area contributed by atoms with Crippen molar-refractivity contribution in [3.63, 3.8) is 0 Å². The van der Waals surface area contributed by atoms with Crippen molar-refractivity contribution in [3.05, 3.63) is 53.6 Å². The first-order valence-corrected chi connectivity index (χ1v) is 13.7. The van der Waals surface area contributed by atoms with Crippen LogP contribution in [0.4, 0.5) is 14.9 Å². The highest BCUT2D eigenvalue weighted by molar-refractivity contribution is 7.89. The normalized spacial score (nSPS) is 15.3. The fourth-order valence-corrected chi connectivity index (χ4v) is 6.16. The predicted octanol–water partition coefficient (Wildman–Crippen LogP) is 3.78. The van der Waals surface area contributed by atoms with Gasteiger partial charge in [0.2, 0.25) is 10.0 Å². The average Bonchev–Trinajstić information content (AvgIpc) is 2.83. The van der Waals surface area contributed by atoms with E-state index in [-0.39, 0.29) is 17.0 Å². The van der Waals surface area contributed by atoms with Gasteiger partial charge >= 0.3 is 6.03 Å². The Hall–Kier alpha value is -2.56. The lowest BCUT2D eigenvalue weighted by Crippen LogP contribution is -2.48. The van der Waals surface area contributed by atoms with Crippen molar-refractivity contribution in [2.75, 3.05) is 38.0 Å². The van der Waals surface area contributed by atoms with Crippen molar-refractivity contribution in [2.24, 2.45) is 0 Å². The summed E-state index contributed by atoms with van der Waals surface area (Å²) in [5.41, 5.74) is 2.52. The lowest BCUT2D eigenvalue weighted by Gasteiger charge is -2.37. The largest absolute Gasteiger partial charge is 0.337 e. The maximum absolute atomic E-state index is 13.3. The third-order valence-corrected chi connectivity index (χ3v) is 8.13. The number of sulfonamides is 1. The minimum absolute atomic E-state index is 0.0970. The van der Waals surface area contributed by atoms with Crippen LogP contribution >= 0.6 is 0 Å². The molecule has 2 aromatic rings. The Balaban J connectivity index is 1.48. The minimum Gasteiger partial charge on any atom is -0.337 e. The molecule has 0 atom stereocenters. The molecule has 1 saturated heterocycles. The van der Waals surface area contributed by atoms with E-state index in [2.05, 4.69) is 20.5 Å². The lowest BCUT2D eigenvalue weighted by atomic mass is 10.0. The molecule has 0 aliphatic carbocycles. The Morgan fingerprint density at radius 1 is 1.17 bits per heavy atom. The highest BCUT2D eigenvalue weighted by Gasteiger charge is 2.33. The average molecular weight is 506 g/mol. The van der Waals surface area contributed by atoms with Crippen molar-refractivity contribution >= 4 is 21.7 Å². The predicted molar refractivity (Wildman–Crippen MR) is 135 cm³/mol. The fraction of sp³-hybridized carbons (Fsp3) is 0.520. The summed E-state index contributed by atoms with van der Waals surface area (Å²) in [6.07, 6.45) is 2.93. The van der Waals surface area contributed by atoms with Gasteiger partial charge in [0.15, 0.2) is 0 Å². The number of aromatic nitrogens is 1. The Labute approximate surface area is 208 Å². The summed E-state index contributed by atoms with van der Waals surface area (Å²) in [6.45, 7) is 8.98. The second-order valence-corrected chi connectivity index (χ2v) is 10.8. The number of aryl methyl sites for hydroxylation is 2. The molecular formula is C25H36FN5O3S. The molecule has 0 unspecified atom stereocenters. The van der Waals surface area contributed by atoms with Crippen LogP contribution in [0.1, 0.15) is 44.5 Å². The number of benzene rings is 1. The lowest BCUT2D eigenvalue weighted by molar-refractivity contribution is 0.159. The third-order valence-electron chi connectivity index (χ3n) is 6.17. The molecule has 8 nitrogen and oxygen atoms in total. The minimum atomic E-state index is -3.68. The molecule has 192 valence electrons. The molecule has 0 spiro atoms. The van der Waals surface area contributed by atoms with Gasteiger partial charge in [-0.1, -0.05) is 13.8 Å². The molecule has 10 heteroatoms.